The van der Waals surface area contributed by atoms with Crippen LogP contribution >= 0.6 is 0 Å². The number of aromatic nitrogens is 2. The Morgan fingerprint density at radius 1 is 1.14 bits per heavy atom. The monoisotopic (exact) mass is 389 g/mol. The van der Waals surface area contributed by atoms with Gasteiger partial charge in [0, 0.05) is 24.4 Å². The number of ketones is 1. The fourth-order valence-corrected chi connectivity index (χ4v) is 3.91. The summed E-state index contributed by atoms with van der Waals surface area (Å²) >= 11 is 0. The first kappa shape index (κ1) is 19.5. The summed E-state index contributed by atoms with van der Waals surface area (Å²) in [4.78, 5) is 19.5. The predicted octanol–water partition coefficient (Wildman–Crippen LogP) is 4.46. The highest BCUT2D eigenvalue weighted by Crippen LogP contribution is 2.22. The van der Waals surface area contributed by atoms with Crippen molar-refractivity contribution in [2.45, 2.75) is 39.2 Å². The number of likely N-dealkylation sites (tertiary alicyclic amines) is 1. The fourth-order valence-electron chi connectivity index (χ4n) is 3.91. The molecule has 0 spiro atoms. The summed E-state index contributed by atoms with van der Waals surface area (Å²) in [5.74, 6) is 1.70. The van der Waals surface area contributed by atoms with E-state index in [9.17, 15) is 4.79 Å². The predicted molar refractivity (Wildman–Crippen MR) is 112 cm³/mol. The van der Waals surface area contributed by atoms with Crippen LogP contribution in [-0.4, -0.2) is 33.9 Å². The van der Waals surface area contributed by atoms with Crippen molar-refractivity contribution in [1.82, 2.24) is 15.0 Å². The molecule has 2 aromatic carbocycles. The van der Waals surface area contributed by atoms with Gasteiger partial charge in [0.05, 0.1) is 6.54 Å². The summed E-state index contributed by atoms with van der Waals surface area (Å²) in [7, 11) is 0. The van der Waals surface area contributed by atoms with Gasteiger partial charge in [0.1, 0.15) is 5.78 Å². The number of hydrogen-bond acceptors (Lipinski definition) is 5. The molecule has 0 radical (unpaired) electrons. The Morgan fingerprint density at radius 3 is 2.72 bits per heavy atom. The maximum atomic E-state index is 12.7. The molecule has 1 aliphatic heterocycles. The molecule has 5 heteroatoms. The normalized spacial score (nSPS) is 17.3. The maximum Gasteiger partial charge on any atom is 0.241 e. The molecule has 1 aliphatic rings. The molecular weight excluding hydrogens is 362 g/mol. The summed E-state index contributed by atoms with van der Waals surface area (Å²) in [5, 5.41) is 4.12. The first-order valence-corrected chi connectivity index (χ1v) is 10.4. The number of carbonyl (C=O) groups is 1. The molecule has 29 heavy (non-hydrogen) atoms. The lowest BCUT2D eigenvalue weighted by Crippen LogP contribution is -2.38. The lowest BCUT2D eigenvalue weighted by Gasteiger charge is -2.30. The zero-order valence-corrected chi connectivity index (χ0v) is 16.9. The van der Waals surface area contributed by atoms with Crippen molar-refractivity contribution >= 4 is 5.78 Å². The average molecular weight is 389 g/mol. The molecule has 0 aliphatic carbocycles. The van der Waals surface area contributed by atoms with Crippen LogP contribution < -0.4 is 0 Å². The van der Waals surface area contributed by atoms with Gasteiger partial charge in [0.2, 0.25) is 11.7 Å². The van der Waals surface area contributed by atoms with Gasteiger partial charge in [0.25, 0.3) is 0 Å². The molecule has 1 unspecified atom stereocenters. The first-order valence-electron chi connectivity index (χ1n) is 10.4. The minimum absolute atomic E-state index is 0.104. The van der Waals surface area contributed by atoms with Crippen LogP contribution in [0.5, 0.6) is 0 Å². The molecule has 0 bridgehead atoms. The molecular formula is C24H27N3O2. The van der Waals surface area contributed by atoms with Crippen LogP contribution in [0.2, 0.25) is 0 Å². The molecule has 4 rings (SSSR count). The summed E-state index contributed by atoms with van der Waals surface area (Å²) in [6.45, 7) is 4.39. The number of carbonyl (C=O) groups excluding carboxylic acids is 1. The molecule has 3 aromatic rings. The average Bonchev–Trinajstić information content (AvgIpc) is 3.22. The van der Waals surface area contributed by atoms with Gasteiger partial charge in [-0.2, -0.15) is 4.98 Å². The standard InChI is InChI=1S/C24H27N3O2/c1-18-9-12-20(13-10-18)24-25-23(29-26-24)17-27-15-5-8-21(16-27)22(28)14-11-19-6-3-2-4-7-19/h2-4,6-7,9-10,12-13,21H,5,8,11,14-17H2,1H3. The van der Waals surface area contributed by atoms with Crippen molar-refractivity contribution in [3.05, 3.63) is 71.6 Å². The second-order valence-electron chi connectivity index (χ2n) is 7.90. The molecule has 1 aromatic heterocycles. The molecule has 1 atom stereocenters. The number of piperidine rings is 1. The fraction of sp³-hybridized carbons (Fsp3) is 0.375. The number of aryl methyl sites for hydroxylation is 2. The van der Waals surface area contributed by atoms with Crippen LogP contribution in [0.3, 0.4) is 0 Å². The quantitative estimate of drug-likeness (QED) is 0.597. The van der Waals surface area contributed by atoms with E-state index in [1.807, 2.05) is 42.5 Å². The van der Waals surface area contributed by atoms with Crippen molar-refractivity contribution in [2.75, 3.05) is 13.1 Å². The van der Waals surface area contributed by atoms with E-state index in [0.29, 0.717) is 30.5 Å². The summed E-state index contributed by atoms with van der Waals surface area (Å²) in [6.07, 6.45) is 3.43. The third-order valence-corrected chi connectivity index (χ3v) is 5.60. The minimum atomic E-state index is 0.104. The Morgan fingerprint density at radius 2 is 1.93 bits per heavy atom. The van der Waals surface area contributed by atoms with Crippen LogP contribution in [0.25, 0.3) is 11.4 Å². The lowest BCUT2D eigenvalue weighted by atomic mass is 9.90. The number of hydrogen-bond donors (Lipinski definition) is 0. The number of nitrogens with zero attached hydrogens (tertiary/aromatic N) is 3. The Bertz CT molecular complexity index is 934. The number of benzene rings is 2. The van der Waals surface area contributed by atoms with E-state index in [0.717, 1.165) is 37.9 Å². The minimum Gasteiger partial charge on any atom is -0.338 e. The van der Waals surface area contributed by atoms with E-state index in [2.05, 4.69) is 34.1 Å². The second-order valence-corrected chi connectivity index (χ2v) is 7.90. The van der Waals surface area contributed by atoms with Gasteiger partial charge in [-0.15, -0.1) is 0 Å². The SMILES string of the molecule is Cc1ccc(-c2noc(CN3CCCC(C(=O)CCc4ccccc4)C3)n2)cc1. The van der Waals surface area contributed by atoms with Gasteiger partial charge in [-0.05, 0) is 38.3 Å². The van der Waals surface area contributed by atoms with E-state index in [1.165, 1.54) is 11.1 Å². The maximum absolute atomic E-state index is 12.7. The molecule has 2 heterocycles. The molecule has 1 fully saturated rings. The molecule has 150 valence electrons. The molecule has 0 N–H and O–H groups in total. The Hall–Kier alpha value is -2.79. The van der Waals surface area contributed by atoms with Crippen molar-refractivity contribution in [3.63, 3.8) is 0 Å². The van der Waals surface area contributed by atoms with Gasteiger partial charge >= 0.3 is 0 Å². The Kier molecular flexibility index (Phi) is 6.15. The molecule has 1 saturated heterocycles. The first-order chi connectivity index (χ1) is 14.2. The zero-order chi connectivity index (χ0) is 20.1. The summed E-state index contributed by atoms with van der Waals surface area (Å²) in [5.41, 5.74) is 3.38. The van der Waals surface area contributed by atoms with Crippen LogP contribution in [0.15, 0.2) is 59.1 Å². The van der Waals surface area contributed by atoms with Gasteiger partial charge in [-0.1, -0.05) is 65.3 Å². The molecule has 0 saturated carbocycles. The van der Waals surface area contributed by atoms with E-state index >= 15 is 0 Å². The Labute approximate surface area is 171 Å². The summed E-state index contributed by atoms with van der Waals surface area (Å²) in [6, 6.07) is 18.3. The topological polar surface area (TPSA) is 59.2 Å². The van der Waals surface area contributed by atoms with Crippen molar-refractivity contribution in [1.29, 1.82) is 0 Å². The highest BCUT2D eigenvalue weighted by Gasteiger charge is 2.26. The van der Waals surface area contributed by atoms with Gasteiger partial charge in [-0.3, -0.25) is 9.69 Å². The van der Waals surface area contributed by atoms with Crippen LogP contribution in [0.1, 0.15) is 36.3 Å². The highest BCUT2D eigenvalue weighted by atomic mass is 16.5. The number of Topliss-reactive ketones (excluding diaryl/α,β-unsaturated/α-hetero) is 1. The largest absolute Gasteiger partial charge is 0.338 e. The number of rotatable bonds is 7. The van der Waals surface area contributed by atoms with E-state index < -0.39 is 0 Å². The van der Waals surface area contributed by atoms with Crippen molar-refractivity contribution < 1.29 is 9.32 Å². The van der Waals surface area contributed by atoms with E-state index in [-0.39, 0.29) is 5.92 Å². The highest BCUT2D eigenvalue weighted by molar-refractivity contribution is 5.81. The van der Waals surface area contributed by atoms with Gasteiger partial charge < -0.3 is 4.52 Å². The zero-order valence-electron chi connectivity index (χ0n) is 16.9. The van der Waals surface area contributed by atoms with Gasteiger partial charge in [0.15, 0.2) is 0 Å². The van der Waals surface area contributed by atoms with Gasteiger partial charge in [-0.25, -0.2) is 0 Å². The van der Waals surface area contributed by atoms with Crippen LogP contribution in [0, 0.1) is 12.8 Å². The smallest absolute Gasteiger partial charge is 0.241 e. The molecule has 5 nitrogen and oxygen atoms in total. The second kappa shape index (κ2) is 9.14. The van der Waals surface area contributed by atoms with Crippen LogP contribution in [-0.2, 0) is 17.8 Å². The summed E-state index contributed by atoms with van der Waals surface area (Å²) < 4.78 is 5.47. The van der Waals surface area contributed by atoms with Crippen molar-refractivity contribution in [2.24, 2.45) is 5.92 Å². The third kappa shape index (κ3) is 5.18. The third-order valence-electron chi connectivity index (χ3n) is 5.60. The van der Waals surface area contributed by atoms with E-state index in [1.54, 1.807) is 0 Å². The van der Waals surface area contributed by atoms with E-state index in [4.69, 9.17) is 4.52 Å². The lowest BCUT2D eigenvalue weighted by molar-refractivity contribution is -0.124. The van der Waals surface area contributed by atoms with Crippen LogP contribution in [0.4, 0.5) is 0 Å². The molecule has 0 amide bonds. The van der Waals surface area contributed by atoms with Crippen molar-refractivity contribution in [3.8, 4) is 11.4 Å². The Balaban J connectivity index is 1.32.